The number of aldehydes is 1. The van der Waals surface area contributed by atoms with E-state index >= 15 is 0 Å². The van der Waals surface area contributed by atoms with Crippen LogP contribution in [0.15, 0.2) is 11.8 Å². The predicted molar refractivity (Wildman–Crippen MR) is 47.7 cm³/mol. The van der Waals surface area contributed by atoms with E-state index in [0.717, 1.165) is 31.5 Å². The van der Waals surface area contributed by atoms with Gasteiger partial charge in [0.15, 0.2) is 0 Å². The summed E-state index contributed by atoms with van der Waals surface area (Å²) < 4.78 is 5.39. The van der Waals surface area contributed by atoms with E-state index in [-0.39, 0.29) is 5.92 Å². The topological polar surface area (TPSA) is 26.3 Å². The number of ether oxygens (including phenoxy) is 1. The number of allylic oxidation sites excluding steroid dienone is 2. The van der Waals surface area contributed by atoms with Crippen LogP contribution in [0.4, 0.5) is 0 Å². The van der Waals surface area contributed by atoms with Crippen LogP contribution in [0.1, 0.15) is 26.7 Å². The molecule has 2 atom stereocenters. The van der Waals surface area contributed by atoms with Gasteiger partial charge in [0.1, 0.15) is 6.29 Å². The molecule has 0 saturated carbocycles. The number of hydrogen-bond donors (Lipinski definition) is 0. The molecule has 0 heterocycles. The second-order valence-electron chi connectivity index (χ2n) is 3.26. The average molecular weight is 168 g/mol. The molecule has 0 radical (unpaired) electrons. The van der Waals surface area contributed by atoms with E-state index < -0.39 is 0 Å². The van der Waals surface area contributed by atoms with Crippen LogP contribution >= 0.6 is 0 Å². The zero-order valence-corrected chi connectivity index (χ0v) is 7.75. The van der Waals surface area contributed by atoms with Crippen LogP contribution in [-0.2, 0) is 9.53 Å². The minimum Gasteiger partial charge on any atom is -0.499 e. The molecule has 0 spiro atoms. The molecule has 0 saturated heterocycles. The number of rotatable bonds is 3. The number of hydrogen-bond acceptors (Lipinski definition) is 2. The maximum absolute atomic E-state index is 10.6. The highest BCUT2D eigenvalue weighted by Gasteiger charge is 2.20. The maximum Gasteiger partial charge on any atom is 0.123 e. The maximum atomic E-state index is 10.6. The normalized spacial score (nSPS) is 29.3. The summed E-state index contributed by atoms with van der Waals surface area (Å²) in [5.41, 5.74) is 0. The Balaban J connectivity index is 2.54. The van der Waals surface area contributed by atoms with E-state index in [1.165, 1.54) is 0 Å². The van der Waals surface area contributed by atoms with Crippen molar-refractivity contribution in [3.8, 4) is 0 Å². The van der Waals surface area contributed by atoms with Gasteiger partial charge in [-0.25, -0.2) is 0 Å². The fraction of sp³-hybridized carbons (Fsp3) is 0.700. The summed E-state index contributed by atoms with van der Waals surface area (Å²) in [6, 6.07) is 0. The van der Waals surface area contributed by atoms with E-state index in [4.69, 9.17) is 4.74 Å². The van der Waals surface area contributed by atoms with Gasteiger partial charge < -0.3 is 9.53 Å². The summed E-state index contributed by atoms with van der Waals surface area (Å²) in [4.78, 5) is 10.6. The van der Waals surface area contributed by atoms with Crippen molar-refractivity contribution in [2.75, 3.05) is 6.61 Å². The lowest BCUT2D eigenvalue weighted by atomic mass is 9.85. The van der Waals surface area contributed by atoms with Crippen molar-refractivity contribution in [1.82, 2.24) is 0 Å². The second-order valence-corrected chi connectivity index (χ2v) is 3.26. The van der Waals surface area contributed by atoms with E-state index in [1.807, 2.05) is 6.92 Å². The summed E-state index contributed by atoms with van der Waals surface area (Å²) in [5, 5.41) is 0. The standard InChI is InChI=1S/C10H16O2/c1-3-12-10-5-4-9(7-11)8(2)6-10/h6-9H,3-5H2,1-2H3/t8-,9-/m0/s1. The molecule has 0 bridgehead atoms. The van der Waals surface area contributed by atoms with Crippen molar-refractivity contribution in [1.29, 1.82) is 0 Å². The van der Waals surface area contributed by atoms with Gasteiger partial charge in [0, 0.05) is 12.3 Å². The smallest absolute Gasteiger partial charge is 0.123 e. The molecule has 0 aromatic carbocycles. The number of carbonyl (C=O) groups excluding carboxylic acids is 1. The second kappa shape index (κ2) is 4.29. The summed E-state index contributed by atoms with van der Waals surface area (Å²) in [7, 11) is 0. The SMILES string of the molecule is CCOC1=C[C@H](C)[C@H](C=O)CC1. The molecule has 12 heavy (non-hydrogen) atoms. The predicted octanol–water partition coefficient (Wildman–Crippen LogP) is 2.15. The lowest BCUT2D eigenvalue weighted by Gasteiger charge is -2.23. The molecule has 0 aromatic heterocycles. The first-order valence-electron chi connectivity index (χ1n) is 4.56. The molecule has 2 heteroatoms. The van der Waals surface area contributed by atoms with Crippen LogP contribution in [0.2, 0.25) is 0 Å². The van der Waals surface area contributed by atoms with Gasteiger partial charge in [0.2, 0.25) is 0 Å². The molecule has 2 nitrogen and oxygen atoms in total. The Morgan fingerprint density at radius 2 is 2.50 bits per heavy atom. The Bertz CT molecular complexity index is 184. The monoisotopic (exact) mass is 168 g/mol. The number of carbonyl (C=O) groups is 1. The Morgan fingerprint density at radius 3 is 3.00 bits per heavy atom. The van der Waals surface area contributed by atoms with Crippen molar-refractivity contribution in [2.45, 2.75) is 26.7 Å². The van der Waals surface area contributed by atoms with Crippen LogP contribution < -0.4 is 0 Å². The van der Waals surface area contributed by atoms with Gasteiger partial charge in [-0.3, -0.25) is 0 Å². The van der Waals surface area contributed by atoms with Crippen molar-refractivity contribution in [2.24, 2.45) is 11.8 Å². The summed E-state index contributed by atoms with van der Waals surface area (Å²) >= 11 is 0. The Hall–Kier alpha value is -0.790. The molecule has 0 unspecified atom stereocenters. The average Bonchev–Trinajstić information content (AvgIpc) is 2.05. The van der Waals surface area contributed by atoms with Gasteiger partial charge in [-0.2, -0.15) is 0 Å². The summed E-state index contributed by atoms with van der Waals surface area (Å²) in [6.45, 7) is 4.78. The quantitative estimate of drug-likeness (QED) is 0.603. The van der Waals surface area contributed by atoms with Gasteiger partial charge >= 0.3 is 0 Å². The minimum atomic E-state index is 0.203. The van der Waals surface area contributed by atoms with Gasteiger partial charge in [0.05, 0.1) is 12.4 Å². The van der Waals surface area contributed by atoms with Crippen molar-refractivity contribution < 1.29 is 9.53 Å². The largest absolute Gasteiger partial charge is 0.499 e. The zero-order valence-electron chi connectivity index (χ0n) is 7.75. The van der Waals surface area contributed by atoms with Crippen LogP contribution in [0.3, 0.4) is 0 Å². The summed E-state index contributed by atoms with van der Waals surface area (Å²) in [5.74, 6) is 1.61. The third-order valence-corrected chi connectivity index (χ3v) is 2.35. The molecule has 1 aliphatic rings. The van der Waals surface area contributed by atoms with Crippen LogP contribution in [0.25, 0.3) is 0 Å². The molecule has 68 valence electrons. The Labute approximate surface area is 73.6 Å². The van der Waals surface area contributed by atoms with Crippen molar-refractivity contribution >= 4 is 6.29 Å². The van der Waals surface area contributed by atoms with Gasteiger partial charge in [-0.05, 0) is 25.3 Å². The summed E-state index contributed by atoms with van der Waals surface area (Å²) in [6.07, 6.45) is 4.99. The molecule has 0 amide bonds. The molecular weight excluding hydrogens is 152 g/mol. The fourth-order valence-corrected chi connectivity index (χ4v) is 1.57. The first-order chi connectivity index (χ1) is 5.77. The zero-order chi connectivity index (χ0) is 8.97. The van der Waals surface area contributed by atoms with Crippen LogP contribution in [0.5, 0.6) is 0 Å². The molecule has 0 aliphatic heterocycles. The van der Waals surface area contributed by atoms with Crippen LogP contribution in [0, 0.1) is 11.8 Å². The van der Waals surface area contributed by atoms with Crippen molar-refractivity contribution in [3.05, 3.63) is 11.8 Å². The lowest BCUT2D eigenvalue weighted by molar-refractivity contribution is -0.112. The highest BCUT2D eigenvalue weighted by Crippen LogP contribution is 2.27. The first-order valence-corrected chi connectivity index (χ1v) is 4.56. The van der Waals surface area contributed by atoms with E-state index in [9.17, 15) is 4.79 Å². The molecular formula is C10H16O2. The van der Waals surface area contributed by atoms with Gasteiger partial charge in [-0.1, -0.05) is 6.92 Å². The molecule has 0 aromatic rings. The van der Waals surface area contributed by atoms with Gasteiger partial charge in [-0.15, -0.1) is 0 Å². The molecule has 1 aliphatic carbocycles. The highest BCUT2D eigenvalue weighted by atomic mass is 16.5. The minimum absolute atomic E-state index is 0.203. The van der Waals surface area contributed by atoms with Crippen LogP contribution in [-0.4, -0.2) is 12.9 Å². The van der Waals surface area contributed by atoms with E-state index in [1.54, 1.807) is 0 Å². The highest BCUT2D eigenvalue weighted by molar-refractivity contribution is 5.55. The Kier molecular flexibility index (Phi) is 3.32. The van der Waals surface area contributed by atoms with Crippen molar-refractivity contribution in [3.63, 3.8) is 0 Å². The van der Waals surface area contributed by atoms with Gasteiger partial charge in [0.25, 0.3) is 0 Å². The van der Waals surface area contributed by atoms with E-state index in [2.05, 4.69) is 13.0 Å². The molecule has 0 fully saturated rings. The van der Waals surface area contributed by atoms with E-state index in [0.29, 0.717) is 5.92 Å². The molecule has 0 N–H and O–H groups in total. The fourth-order valence-electron chi connectivity index (χ4n) is 1.57. The third-order valence-electron chi connectivity index (χ3n) is 2.35. The third kappa shape index (κ3) is 2.10. The molecule has 1 rings (SSSR count). The first kappa shape index (κ1) is 9.30. The lowest BCUT2D eigenvalue weighted by Crippen LogP contribution is -2.17. The Morgan fingerprint density at radius 1 is 1.75 bits per heavy atom.